The van der Waals surface area contributed by atoms with Gasteiger partial charge in [-0.05, 0) is 49.7 Å². The van der Waals surface area contributed by atoms with Gasteiger partial charge in [0.2, 0.25) is 0 Å². The molecule has 2 atom stereocenters. The van der Waals surface area contributed by atoms with Crippen molar-refractivity contribution in [1.82, 2.24) is 4.98 Å². The van der Waals surface area contributed by atoms with Crippen LogP contribution in [0.1, 0.15) is 23.5 Å². The monoisotopic (exact) mass is 418 g/mol. The van der Waals surface area contributed by atoms with Crippen LogP contribution in [0, 0.1) is 6.92 Å². The van der Waals surface area contributed by atoms with Crippen LogP contribution < -0.4 is 10.2 Å². The number of thiazole rings is 1. The molecular weight excluding hydrogens is 398 g/mol. The zero-order chi connectivity index (χ0) is 18.0. The van der Waals surface area contributed by atoms with Gasteiger partial charge in [0.25, 0.3) is 5.91 Å². The largest absolute Gasteiger partial charge is 0.322 e. The lowest BCUT2D eigenvalue weighted by Gasteiger charge is -2.19. The molecule has 3 rings (SSSR count). The van der Waals surface area contributed by atoms with Crippen LogP contribution in [0.5, 0.6) is 0 Å². The van der Waals surface area contributed by atoms with E-state index in [2.05, 4.69) is 34.2 Å². The summed E-state index contributed by atoms with van der Waals surface area (Å²) in [6, 6.07) is 14.1. The van der Waals surface area contributed by atoms with Crippen molar-refractivity contribution < 1.29 is 9.69 Å². The molecule has 2 aromatic carbocycles. The van der Waals surface area contributed by atoms with Gasteiger partial charge in [-0.15, -0.1) is 11.3 Å². The number of aryl methyl sites for hydroxylation is 1. The van der Waals surface area contributed by atoms with Gasteiger partial charge in [0.1, 0.15) is 6.04 Å². The molecule has 0 aliphatic heterocycles. The topological polar surface area (TPSA) is 46.4 Å². The lowest BCUT2D eigenvalue weighted by Crippen LogP contribution is -3.10. The van der Waals surface area contributed by atoms with Gasteiger partial charge < -0.3 is 10.2 Å². The summed E-state index contributed by atoms with van der Waals surface area (Å²) in [7, 11) is 2.03. The first-order chi connectivity index (χ1) is 11.9. The lowest BCUT2D eigenvalue weighted by molar-refractivity contribution is -0.902. The summed E-state index contributed by atoms with van der Waals surface area (Å²) in [5.74, 6) is 0.00665. The molecule has 0 aliphatic rings. The number of halogens is 1. The lowest BCUT2D eigenvalue weighted by atomic mass is 10.2. The molecule has 3 aromatic rings. The molecule has 4 nitrogen and oxygen atoms in total. The van der Waals surface area contributed by atoms with Crippen molar-refractivity contribution in [1.29, 1.82) is 0 Å². The number of quaternary nitrogens is 1. The quantitative estimate of drug-likeness (QED) is 0.664. The molecule has 1 heterocycles. The van der Waals surface area contributed by atoms with Crippen LogP contribution in [0.25, 0.3) is 10.2 Å². The maximum atomic E-state index is 12.4. The number of carbonyl (C=O) groups excluding carboxylic acids is 1. The normalized spacial score (nSPS) is 13.6. The van der Waals surface area contributed by atoms with E-state index in [0.29, 0.717) is 6.54 Å². The molecule has 0 saturated heterocycles. The number of hydrogen-bond donors (Lipinski definition) is 2. The Bertz CT molecular complexity index is 876. The smallest absolute Gasteiger partial charge is 0.279 e. The third kappa shape index (κ3) is 4.26. The van der Waals surface area contributed by atoms with Crippen LogP contribution in [0.15, 0.2) is 46.9 Å². The first-order valence-corrected chi connectivity index (χ1v) is 9.79. The maximum absolute atomic E-state index is 12.4. The highest BCUT2D eigenvalue weighted by molar-refractivity contribution is 9.10. The van der Waals surface area contributed by atoms with Gasteiger partial charge in [0, 0.05) is 10.2 Å². The van der Waals surface area contributed by atoms with Gasteiger partial charge >= 0.3 is 0 Å². The number of nitrogens with zero attached hydrogens (tertiary/aromatic N) is 1. The van der Waals surface area contributed by atoms with E-state index >= 15 is 0 Å². The Morgan fingerprint density at radius 2 is 2.08 bits per heavy atom. The molecule has 0 aliphatic carbocycles. The third-order valence-electron chi connectivity index (χ3n) is 4.30. The van der Waals surface area contributed by atoms with Crippen molar-refractivity contribution in [3.8, 4) is 0 Å². The molecule has 130 valence electrons. The fourth-order valence-corrected chi connectivity index (χ4v) is 3.98. The maximum Gasteiger partial charge on any atom is 0.279 e. The second-order valence-electron chi connectivity index (χ2n) is 6.28. The van der Waals surface area contributed by atoms with Gasteiger partial charge in [-0.3, -0.25) is 4.79 Å². The number of anilines is 1. The Morgan fingerprint density at radius 1 is 1.32 bits per heavy atom. The number of likely N-dealkylation sites (N-methyl/N-ethyl adjacent to an activating group) is 1. The van der Waals surface area contributed by atoms with Gasteiger partial charge in [-0.2, -0.15) is 0 Å². The molecule has 0 bridgehead atoms. The number of amides is 1. The number of para-hydroxylation sites is 1. The van der Waals surface area contributed by atoms with E-state index in [1.165, 1.54) is 4.70 Å². The predicted molar refractivity (Wildman–Crippen MR) is 107 cm³/mol. The predicted octanol–water partition coefficient (Wildman–Crippen LogP) is 3.58. The summed E-state index contributed by atoms with van der Waals surface area (Å²) in [5, 5.41) is 4.04. The van der Waals surface area contributed by atoms with Gasteiger partial charge in [0.05, 0.1) is 17.3 Å². The minimum Gasteiger partial charge on any atom is -0.322 e. The van der Waals surface area contributed by atoms with Crippen molar-refractivity contribution in [2.45, 2.75) is 19.9 Å². The fraction of sp³-hybridized carbons (Fsp3) is 0.263. The highest BCUT2D eigenvalue weighted by Crippen LogP contribution is 2.24. The Kier molecular flexibility index (Phi) is 5.51. The summed E-state index contributed by atoms with van der Waals surface area (Å²) < 4.78 is 2.23. The van der Waals surface area contributed by atoms with Crippen molar-refractivity contribution in [2.24, 2.45) is 0 Å². The Labute approximate surface area is 160 Å². The molecule has 0 spiro atoms. The van der Waals surface area contributed by atoms with Gasteiger partial charge in [0.15, 0.2) is 11.6 Å². The number of fused-ring (bicyclic) bond motifs is 1. The molecule has 6 heteroatoms. The Morgan fingerprint density at radius 3 is 2.80 bits per heavy atom. The third-order valence-corrected chi connectivity index (χ3v) is 6.41. The average Bonchev–Trinajstić information content (AvgIpc) is 3.01. The van der Waals surface area contributed by atoms with E-state index in [0.717, 1.165) is 31.1 Å². The second kappa shape index (κ2) is 7.64. The summed E-state index contributed by atoms with van der Waals surface area (Å²) in [6.07, 6.45) is 0. The van der Waals surface area contributed by atoms with Crippen molar-refractivity contribution >= 4 is 49.1 Å². The van der Waals surface area contributed by atoms with Gasteiger partial charge in [-0.25, -0.2) is 4.98 Å². The molecule has 25 heavy (non-hydrogen) atoms. The molecule has 1 unspecified atom stereocenters. The van der Waals surface area contributed by atoms with Crippen molar-refractivity contribution in [3.05, 3.63) is 57.5 Å². The highest BCUT2D eigenvalue weighted by atomic mass is 79.9. The molecule has 1 amide bonds. The van der Waals surface area contributed by atoms with E-state index in [4.69, 9.17) is 4.98 Å². The first-order valence-electron chi connectivity index (χ1n) is 8.18. The van der Waals surface area contributed by atoms with E-state index in [1.807, 2.05) is 50.4 Å². The van der Waals surface area contributed by atoms with E-state index < -0.39 is 0 Å². The van der Waals surface area contributed by atoms with Gasteiger partial charge in [-0.1, -0.05) is 28.1 Å². The standard InChI is InChI=1S/C19H20BrN3OS/c1-12-10-14(8-9-15(12)20)21-18(24)11-23(3)13(2)19-22-16-6-4-5-7-17(16)25-19/h4-10,13H,11H2,1-3H3,(H,21,24)/p+1/t13-/m0/s1. The molecular formula is C19H21BrN3OS+. The van der Waals surface area contributed by atoms with Crippen molar-refractivity contribution in [2.75, 3.05) is 18.9 Å². The molecule has 0 fully saturated rings. The number of aromatic nitrogens is 1. The van der Waals surface area contributed by atoms with E-state index in [1.54, 1.807) is 11.3 Å². The SMILES string of the molecule is Cc1cc(NC(=O)C[NH+](C)[C@@H](C)c2nc3ccccc3s2)ccc1Br. The zero-order valence-corrected chi connectivity index (χ0v) is 16.9. The summed E-state index contributed by atoms with van der Waals surface area (Å²) >= 11 is 5.17. The van der Waals surface area contributed by atoms with Crippen molar-refractivity contribution in [3.63, 3.8) is 0 Å². The number of benzene rings is 2. The summed E-state index contributed by atoms with van der Waals surface area (Å²) in [6.45, 7) is 4.52. The Hall–Kier alpha value is -1.76. The number of hydrogen-bond acceptors (Lipinski definition) is 3. The molecule has 0 saturated carbocycles. The Balaban J connectivity index is 1.64. The minimum atomic E-state index is 0.00665. The average molecular weight is 419 g/mol. The summed E-state index contributed by atoms with van der Waals surface area (Å²) in [4.78, 5) is 18.2. The summed E-state index contributed by atoms with van der Waals surface area (Å²) in [5.41, 5.74) is 2.95. The van der Waals surface area contributed by atoms with Crippen LogP contribution in [0.2, 0.25) is 0 Å². The first kappa shape index (κ1) is 18.0. The molecule has 2 N–H and O–H groups in total. The van der Waals surface area contributed by atoms with Crippen LogP contribution in [-0.4, -0.2) is 24.5 Å². The molecule has 1 aromatic heterocycles. The van der Waals surface area contributed by atoms with Crippen LogP contribution >= 0.6 is 27.3 Å². The molecule has 0 radical (unpaired) electrons. The number of nitrogens with one attached hydrogen (secondary N) is 2. The number of rotatable bonds is 5. The second-order valence-corrected chi connectivity index (χ2v) is 8.19. The van der Waals surface area contributed by atoms with E-state index in [9.17, 15) is 4.79 Å². The van der Waals surface area contributed by atoms with Crippen LogP contribution in [0.3, 0.4) is 0 Å². The van der Waals surface area contributed by atoms with Crippen LogP contribution in [-0.2, 0) is 4.79 Å². The fourth-order valence-electron chi connectivity index (χ4n) is 2.62. The van der Waals surface area contributed by atoms with Crippen LogP contribution in [0.4, 0.5) is 5.69 Å². The van der Waals surface area contributed by atoms with E-state index in [-0.39, 0.29) is 11.9 Å². The highest BCUT2D eigenvalue weighted by Gasteiger charge is 2.22. The zero-order valence-electron chi connectivity index (χ0n) is 14.5. The number of carbonyl (C=O) groups is 1. The minimum absolute atomic E-state index is 0.00665.